The molecule has 0 radical (unpaired) electrons. The molecule has 1 aromatic heterocycles. The molecule has 6 heteroatoms. The highest BCUT2D eigenvalue weighted by molar-refractivity contribution is 7.13. The summed E-state index contributed by atoms with van der Waals surface area (Å²) < 4.78 is 5.09. The van der Waals surface area contributed by atoms with Crippen LogP contribution in [-0.4, -0.2) is 29.0 Å². The maximum Gasteiger partial charge on any atom is 0.311 e. The van der Waals surface area contributed by atoms with E-state index in [-0.39, 0.29) is 18.6 Å². The van der Waals surface area contributed by atoms with Gasteiger partial charge in [0, 0.05) is 23.8 Å². The van der Waals surface area contributed by atoms with Crippen molar-refractivity contribution in [1.29, 1.82) is 0 Å². The van der Waals surface area contributed by atoms with Gasteiger partial charge in [-0.3, -0.25) is 9.59 Å². The predicted octanol–water partition coefficient (Wildman–Crippen LogP) is 4.50. The fraction of sp³-hybridized carbons (Fsp3) is 0.227. The Kier molecular flexibility index (Phi) is 6.21. The number of thiazole rings is 1. The molecule has 0 aliphatic heterocycles. The lowest BCUT2D eigenvalue weighted by atomic mass is 9.92. The van der Waals surface area contributed by atoms with Crippen LogP contribution in [-0.2, 0) is 16.0 Å². The molecular formula is C22H21NO4S. The number of carboxylic acid groups (broad SMARTS) is 1. The van der Waals surface area contributed by atoms with Gasteiger partial charge in [0.1, 0.15) is 16.5 Å². The zero-order valence-electron chi connectivity index (χ0n) is 15.7. The summed E-state index contributed by atoms with van der Waals surface area (Å²) in [7, 11) is 1.55. The molecule has 1 heterocycles. The Balaban J connectivity index is 1.68. The van der Waals surface area contributed by atoms with Gasteiger partial charge < -0.3 is 9.84 Å². The number of hydrogen-bond donors (Lipinski definition) is 1. The number of aryl methyl sites for hydroxylation is 1. The lowest BCUT2D eigenvalue weighted by Gasteiger charge is -2.12. The second-order valence-corrected chi connectivity index (χ2v) is 7.45. The van der Waals surface area contributed by atoms with Crippen LogP contribution in [0.5, 0.6) is 5.75 Å². The molecule has 0 saturated heterocycles. The number of nitrogens with zero attached hydrogens (tertiary/aromatic N) is 1. The monoisotopic (exact) mass is 395 g/mol. The van der Waals surface area contributed by atoms with Gasteiger partial charge in [-0.2, -0.15) is 0 Å². The number of aliphatic carboxylic acids is 1. The van der Waals surface area contributed by atoms with E-state index in [1.807, 2.05) is 36.6 Å². The minimum absolute atomic E-state index is 0.0704. The van der Waals surface area contributed by atoms with Crippen LogP contribution < -0.4 is 4.74 Å². The van der Waals surface area contributed by atoms with Crippen molar-refractivity contribution in [3.8, 4) is 16.3 Å². The van der Waals surface area contributed by atoms with Crippen LogP contribution in [0.3, 0.4) is 0 Å². The summed E-state index contributed by atoms with van der Waals surface area (Å²) in [6.45, 7) is 2.03. The van der Waals surface area contributed by atoms with Crippen molar-refractivity contribution in [2.75, 3.05) is 7.11 Å². The summed E-state index contributed by atoms with van der Waals surface area (Å²) in [4.78, 5) is 28.7. The molecule has 0 fully saturated rings. The number of ketones is 1. The first-order valence-electron chi connectivity index (χ1n) is 8.86. The molecule has 1 N–H and O–H groups in total. The summed E-state index contributed by atoms with van der Waals surface area (Å²) in [5, 5.41) is 12.3. The first-order chi connectivity index (χ1) is 13.5. The molecule has 144 valence electrons. The van der Waals surface area contributed by atoms with Gasteiger partial charge in [0.15, 0.2) is 0 Å². The van der Waals surface area contributed by atoms with Crippen LogP contribution in [0, 0.1) is 6.92 Å². The van der Waals surface area contributed by atoms with Crippen LogP contribution in [0.2, 0.25) is 0 Å². The number of carboxylic acids is 1. The highest BCUT2D eigenvalue weighted by atomic mass is 32.1. The van der Waals surface area contributed by atoms with Gasteiger partial charge in [-0.1, -0.05) is 42.0 Å². The minimum Gasteiger partial charge on any atom is -0.497 e. The zero-order valence-corrected chi connectivity index (χ0v) is 16.5. The molecule has 0 amide bonds. The van der Waals surface area contributed by atoms with Crippen molar-refractivity contribution < 1.29 is 19.4 Å². The number of benzene rings is 2. The molecule has 0 bridgehead atoms. The average molecular weight is 395 g/mol. The molecule has 3 rings (SSSR count). The Morgan fingerprint density at radius 1 is 1.11 bits per heavy atom. The number of rotatable bonds is 8. The van der Waals surface area contributed by atoms with Gasteiger partial charge in [0.2, 0.25) is 0 Å². The third-order valence-electron chi connectivity index (χ3n) is 4.48. The number of ether oxygens (including phenoxy) is 1. The van der Waals surface area contributed by atoms with Crippen LogP contribution in [0.1, 0.15) is 29.2 Å². The summed E-state index contributed by atoms with van der Waals surface area (Å²) in [5.74, 6) is -1.40. The van der Waals surface area contributed by atoms with E-state index in [1.54, 1.807) is 31.4 Å². The topological polar surface area (TPSA) is 76.5 Å². The number of Topliss-reactive ketones (excluding diaryl/α,β-unsaturated/α-hetero) is 1. The maximum atomic E-state index is 12.5. The fourth-order valence-corrected chi connectivity index (χ4v) is 3.73. The quantitative estimate of drug-likeness (QED) is 0.608. The van der Waals surface area contributed by atoms with Gasteiger partial charge in [0.25, 0.3) is 0 Å². The highest BCUT2D eigenvalue weighted by Gasteiger charge is 2.24. The van der Waals surface area contributed by atoms with E-state index in [0.717, 1.165) is 10.6 Å². The number of aromatic nitrogens is 1. The average Bonchev–Trinajstić information content (AvgIpc) is 3.15. The normalized spacial score (nSPS) is 11.8. The molecule has 0 saturated carbocycles. The van der Waals surface area contributed by atoms with Crippen LogP contribution >= 0.6 is 11.3 Å². The number of carbonyl (C=O) groups is 2. The van der Waals surface area contributed by atoms with Crippen molar-refractivity contribution in [3.05, 3.63) is 70.7 Å². The standard InChI is InChI=1S/C22H21NO4S/c1-14-3-5-16(6-4-14)21-23-17(13-28-21)11-18(24)12-20(22(25)26)15-7-9-19(27-2)10-8-15/h3-10,13,20H,11-12H2,1-2H3,(H,25,26). The molecule has 28 heavy (non-hydrogen) atoms. The van der Waals surface area contributed by atoms with E-state index < -0.39 is 11.9 Å². The van der Waals surface area contributed by atoms with Crippen molar-refractivity contribution >= 4 is 23.1 Å². The largest absolute Gasteiger partial charge is 0.497 e. The van der Waals surface area contributed by atoms with Crippen molar-refractivity contribution in [3.63, 3.8) is 0 Å². The summed E-state index contributed by atoms with van der Waals surface area (Å²) in [5.41, 5.74) is 3.44. The third kappa shape index (κ3) is 4.84. The van der Waals surface area contributed by atoms with Crippen LogP contribution in [0.4, 0.5) is 0 Å². The number of methoxy groups -OCH3 is 1. The molecular weight excluding hydrogens is 374 g/mol. The van der Waals surface area contributed by atoms with Gasteiger partial charge in [0.05, 0.1) is 18.7 Å². The lowest BCUT2D eigenvalue weighted by molar-refractivity contribution is -0.140. The van der Waals surface area contributed by atoms with Crippen LogP contribution in [0.15, 0.2) is 53.9 Å². The van der Waals surface area contributed by atoms with E-state index in [1.165, 1.54) is 16.9 Å². The summed E-state index contributed by atoms with van der Waals surface area (Å²) >= 11 is 1.48. The van der Waals surface area contributed by atoms with E-state index >= 15 is 0 Å². The number of hydrogen-bond acceptors (Lipinski definition) is 5. The zero-order chi connectivity index (χ0) is 20.1. The van der Waals surface area contributed by atoms with Crippen molar-refractivity contribution in [2.45, 2.75) is 25.7 Å². The molecule has 5 nitrogen and oxygen atoms in total. The van der Waals surface area contributed by atoms with Gasteiger partial charge >= 0.3 is 5.97 Å². The first kappa shape index (κ1) is 19.8. The van der Waals surface area contributed by atoms with Gasteiger partial charge in [-0.25, -0.2) is 4.98 Å². The van der Waals surface area contributed by atoms with E-state index in [0.29, 0.717) is 17.0 Å². The molecule has 0 aliphatic carbocycles. The minimum atomic E-state index is -1.02. The van der Waals surface area contributed by atoms with E-state index in [9.17, 15) is 14.7 Å². The Morgan fingerprint density at radius 3 is 2.39 bits per heavy atom. The van der Waals surface area contributed by atoms with E-state index in [4.69, 9.17) is 4.74 Å². The Morgan fingerprint density at radius 2 is 1.79 bits per heavy atom. The smallest absolute Gasteiger partial charge is 0.311 e. The van der Waals surface area contributed by atoms with Crippen molar-refractivity contribution in [1.82, 2.24) is 4.98 Å². The fourth-order valence-electron chi connectivity index (χ4n) is 2.90. The SMILES string of the molecule is COc1ccc(C(CC(=O)Cc2csc(-c3ccc(C)cc3)n2)C(=O)O)cc1. The molecule has 1 atom stereocenters. The van der Waals surface area contributed by atoms with Gasteiger partial charge in [-0.15, -0.1) is 11.3 Å². The molecule has 2 aromatic carbocycles. The van der Waals surface area contributed by atoms with Crippen molar-refractivity contribution in [2.24, 2.45) is 0 Å². The molecule has 1 unspecified atom stereocenters. The maximum absolute atomic E-state index is 12.5. The number of carbonyl (C=O) groups excluding carboxylic acids is 1. The van der Waals surface area contributed by atoms with E-state index in [2.05, 4.69) is 4.98 Å². The molecule has 0 spiro atoms. The molecule has 0 aliphatic rings. The Bertz CT molecular complexity index is 961. The highest BCUT2D eigenvalue weighted by Crippen LogP contribution is 2.26. The summed E-state index contributed by atoms with van der Waals surface area (Å²) in [6, 6.07) is 14.8. The second kappa shape index (κ2) is 8.80. The second-order valence-electron chi connectivity index (χ2n) is 6.59. The Labute approximate surface area is 167 Å². The summed E-state index contributed by atoms with van der Waals surface area (Å²) in [6.07, 6.45) is 0.0569. The molecule has 3 aromatic rings. The first-order valence-corrected chi connectivity index (χ1v) is 9.74. The predicted molar refractivity (Wildman–Crippen MR) is 109 cm³/mol. The Hall–Kier alpha value is -2.99. The van der Waals surface area contributed by atoms with Gasteiger partial charge in [-0.05, 0) is 24.6 Å². The van der Waals surface area contributed by atoms with Crippen LogP contribution in [0.25, 0.3) is 10.6 Å². The lowest BCUT2D eigenvalue weighted by Crippen LogP contribution is -2.17. The third-order valence-corrected chi connectivity index (χ3v) is 5.42.